The molecule has 0 fully saturated rings. The van der Waals surface area contributed by atoms with Gasteiger partial charge in [-0.2, -0.15) is 0 Å². The van der Waals surface area contributed by atoms with E-state index in [1.807, 2.05) is 72.8 Å². The first kappa shape index (κ1) is 24.5. The number of nitrogens with one attached hydrogen (secondary N) is 1. The third kappa shape index (κ3) is 7.47. The Hall–Kier alpha value is -3.11. The fraction of sp³-hybridized carbons (Fsp3) is 0.286. The van der Waals surface area contributed by atoms with E-state index in [4.69, 9.17) is 11.6 Å². The normalized spacial score (nSPS) is 11.6. The van der Waals surface area contributed by atoms with Gasteiger partial charge in [-0.25, -0.2) is 0 Å². The second kappa shape index (κ2) is 12.8. The molecule has 2 amide bonds. The Morgan fingerprint density at radius 2 is 1.48 bits per heavy atom. The SMILES string of the molecule is CCCCCNC(=O)[C@@H](c1ccccc1)N(Cc1ccc(Cl)cc1)C(=O)Cc1ccccc1. The van der Waals surface area contributed by atoms with Crippen molar-refractivity contribution in [2.24, 2.45) is 0 Å². The molecule has 0 heterocycles. The van der Waals surface area contributed by atoms with Crippen LogP contribution >= 0.6 is 11.6 Å². The Bertz CT molecular complexity index is 1010. The van der Waals surface area contributed by atoms with Crippen LogP contribution in [-0.2, 0) is 22.6 Å². The molecule has 0 spiro atoms. The van der Waals surface area contributed by atoms with Crippen LogP contribution in [0.4, 0.5) is 0 Å². The van der Waals surface area contributed by atoms with Crippen molar-refractivity contribution < 1.29 is 9.59 Å². The van der Waals surface area contributed by atoms with Crippen molar-refractivity contribution in [1.82, 2.24) is 10.2 Å². The topological polar surface area (TPSA) is 49.4 Å². The number of hydrogen-bond acceptors (Lipinski definition) is 2. The van der Waals surface area contributed by atoms with Gasteiger partial charge in [-0.3, -0.25) is 9.59 Å². The minimum absolute atomic E-state index is 0.103. The van der Waals surface area contributed by atoms with Crippen LogP contribution < -0.4 is 5.32 Å². The smallest absolute Gasteiger partial charge is 0.247 e. The van der Waals surface area contributed by atoms with Gasteiger partial charge in [0.2, 0.25) is 11.8 Å². The third-order valence-electron chi connectivity index (χ3n) is 5.54. The number of halogens is 1. The van der Waals surface area contributed by atoms with Crippen LogP contribution in [0, 0.1) is 0 Å². The molecular weight excluding hydrogens is 432 g/mol. The zero-order chi connectivity index (χ0) is 23.5. The molecule has 3 aromatic rings. The Morgan fingerprint density at radius 1 is 0.848 bits per heavy atom. The van der Waals surface area contributed by atoms with Gasteiger partial charge in [-0.15, -0.1) is 0 Å². The zero-order valence-electron chi connectivity index (χ0n) is 19.0. The van der Waals surface area contributed by atoms with Crippen molar-refractivity contribution in [1.29, 1.82) is 0 Å². The number of amides is 2. The van der Waals surface area contributed by atoms with Gasteiger partial charge in [-0.1, -0.05) is 104 Å². The van der Waals surface area contributed by atoms with Crippen molar-refractivity contribution in [2.75, 3.05) is 6.54 Å². The van der Waals surface area contributed by atoms with Gasteiger partial charge in [0.05, 0.1) is 6.42 Å². The fourth-order valence-corrected chi connectivity index (χ4v) is 3.90. The third-order valence-corrected chi connectivity index (χ3v) is 5.79. The lowest BCUT2D eigenvalue weighted by Gasteiger charge is -2.32. The molecule has 4 nitrogen and oxygen atoms in total. The minimum Gasteiger partial charge on any atom is -0.354 e. The molecule has 1 N–H and O–H groups in total. The fourth-order valence-electron chi connectivity index (χ4n) is 3.77. The number of carbonyl (C=O) groups excluding carboxylic acids is 2. The first-order valence-electron chi connectivity index (χ1n) is 11.5. The maximum atomic E-state index is 13.6. The summed E-state index contributed by atoms with van der Waals surface area (Å²) in [5.74, 6) is -0.263. The van der Waals surface area contributed by atoms with E-state index in [0.717, 1.165) is 36.0 Å². The molecule has 33 heavy (non-hydrogen) atoms. The summed E-state index contributed by atoms with van der Waals surface area (Å²) >= 11 is 6.07. The molecule has 0 unspecified atom stereocenters. The summed E-state index contributed by atoms with van der Waals surface area (Å²) in [6.45, 7) is 3.03. The number of hydrogen-bond donors (Lipinski definition) is 1. The number of unbranched alkanes of at least 4 members (excludes halogenated alkanes) is 2. The van der Waals surface area contributed by atoms with Crippen molar-refractivity contribution in [3.63, 3.8) is 0 Å². The lowest BCUT2D eigenvalue weighted by atomic mass is 10.0. The summed E-state index contributed by atoms with van der Waals surface area (Å²) in [5, 5.41) is 3.69. The molecule has 172 valence electrons. The Kier molecular flexibility index (Phi) is 9.52. The van der Waals surface area contributed by atoms with E-state index in [1.54, 1.807) is 17.0 Å². The summed E-state index contributed by atoms with van der Waals surface area (Å²) in [7, 11) is 0. The lowest BCUT2D eigenvalue weighted by molar-refractivity contribution is -0.141. The molecule has 0 aliphatic carbocycles. The highest BCUT2D eigenvalue weighted by atomic mass is 35.5. The van der Waals surface area contributed by atoms with Gasteiger partial charge < -0.3 is 10.2 Å². The summed E-state index contributed by atoms with van der Waals surface area (Å²) in [5.41, 5.74) is 2.63. The van der Waals surface area contributed by atoms with E-state index in [0.29, 0.717) is 18.1 Å². The molecule has 0 bridgehead atoms. The van der Waals surface area contributed by atoms with Gasteiger partial charge >= 0.3 is 0 Å². The molecule has 0 aliphatic heterocycles. The number of nitrogens with zero attached hydrogens (tertiary/aromatic N) is 1. The number of rotatable bonds is 11. The summed E-state index contributed by atoms with van der Waals surface area (Å²) < 4.78 is 0. The average molecular weight is 463 g/mol. The van der Waals surface area contributed by atoms with Gasteiger partial charge in [0.25, 0.3) is 0 Å². The molecule has 0 aliphatic rings. The molecule has 0 saturated heterocycles. The van der Waals surface area contributed by atoms with Crippen molar-refractivity contribution >= 4 is 23.4 Å². The van der Waals surface area contributed by atoms with E-state index in [-0.39, 0.29) is 18.2 Å². The van der Waals surface area contributed by atoms with Crippen molar-refractivity contribution in [3.8, 4) is 0 Å². The molecule has 0 aromatic heterocycles. The van der Waals surface area contributed by atoms with Crippen LogP contribution in [-0.4, -0.2) is 23.3 Å². The van der Waals surface area contributed by atoms with E-state index in [2.05, 4.69) is 12.2 Å². The average Bonchev–Trinajstić information content (AvgIpc) is 2.84. The highest BCUT2D eigenvalue weighted by molar-refractivity contribution is 6.30. The summed E-state index contributed by atoms with van der Waals surface area (Å²) in [6, 6.07) is 25.8. The maximum absolute atomic E-state index is 13.6. The second-order valence-corrected chi connectivity index (χ2v) is 8.56. The van der Waals surface area contributed by atoms with Gasteiger partial charge in [-0.05, 0) is 35.2 Å². The lowest BCUT2D eigenvalue weighted by Crippen LogP contribution is -2.44. The number of benzene rings is 3. The highest BCUT2D eigenvalue weighted by Gasteiger charge is 2.31. The summed E-state index contributed by atoms with van der Waals surface area (Å²) in [4.78, 5) is 28.7. The monoisotopic (exact) mass is 462 g/mol. The predicted octanol–water partition coefficient (Wildman–Crippen LogP) is 5.96. The standard InChI is InChI=1S/C28H31ClN2O2/c1-2-3-10-19-30-28(33)27(24-13-8-5-9-14-24)31(21-23-15-17-25(29)18-16-23)26(32)20-22-11-6-4-7-12-22/h4-9,11-18,27H,2-3,10,19-21H2,1H3,(H,30,33)/t27-/m1/s1. The molecule has 3 rings (SSSR count). The van der Waals surface area contributed by atoms with Crippen LogP contribution in [0.1, 0.15) is 48.9 Å². The van der Waals surface area contributed by atoms with Crippen LogP contribution in [0.5, 0.6) is 0 Å². The van der Waals surface area contributed by atoms with Crippen LogP contribution in [0.2, 0.25) is 5.02 Å². The van der Waals surface area contributed by atoms with E-state index < -0.39 is 6.04 Å². The zero-order valence-corrected chi connectivity index (χ0v) is 19.8. The summed E-state index contributed by atoms with van der Waals surface area (Å²) in [6.07, 6.45) is 3.27. The first-order chi connectivity index (χ1) is 16.1. The van der Waals surface area contributed by atoms with Crippen molar-refractivity contribution in [2.45, 2.75) is 45.2 Å². The molecule has 5 heteroatoms. The minimum atomic E-state index is -0.722. The predicted molar refractivity (Wildman–Crippen MR) is 134 cm³/mol. The Balaban J connectivity index is 1.93. The van der Waals surface area contributed by atoms with Crippen LogP contribution in [0.15, 0.2) is 84.9 Å². The number of carbonyl (C=O) groups is 2. The van der Waals surface area contributed by atoms with Crippen LogP contribution in [0.25, 0.3) is 0 Å². The van der Waals surface area contributed by atoms with E-state index in [9.17, 15) is 9.59 Å². The molecular formula is C28H31ClN2O2. The molecule has 0 radical (unpaired) electrons. The Labute approximate surface area is 201 Å². The van der Waals surface area contributed by atoms with Crippen molar-refractivity contribution in [3.05, 3.63) is 107 Å². The Morgan fingerprint density at radius 3 is 2.12 bits per heavy atom. The molecule has 1 atom stereocenters. The first-order valence-corrected chi connectivity index (χ1v) is 11.9. The highest BCUT2D eigenvalue weighted by Crippen LogP contribution is 2.25. The van der Waals surface area contributed by atoms with Gasteiger partial charge in [0.15, 0.2) is 0 Å². The van der Waals surface area contributed by atoms with E-state index in [1.165, 1.54) is 0 Å². The largest absolute Gasteiger partial charge is 0.354 e. The maximum Gasteiger partial charge on any atom is 0.247 e. The second-order valence-electron chi connectivity index (χ2n) is 8.12. The van der Waals surface area contributed by atoms with Gasteiger partial charge in [0, 0.05) is 18.1 Å². The van der Waals surface area contributed by atoms with Gasteiger partial charge in [0.1, 0.15) is 6.04 Å². The molecule has 3 aromatic carbocycles. The quantitative estimate of drug-likeness (QED) is 0.357. The molecule has 0 saturated carbocycles. The van der Waals surface area contributed by atoms with Crippen LogP contribution in [0.3, 0.4) is 0 Å². The van der Waals surface area contributed by atoms with E-state index >= 15 is 0 Å².